The molecule has 7 heteroatoms. The van der Waals surface area contributed by atoms with E-state index in [-0.39, 0.29) is 12.2 Å². The quantitative estimate of drug-likeness (QED) is 0.733. The van der Waals surface area contributed by atoms with E-state index in [1.807, 2.05) is 0 Å². The minimum Gasteiger partial charge on any atom is -0.478 e. The number of carbonyl (C=O) groups excluding carboxylic acids is 2. The average Bonchev–Trinajstić information content (AvgIpc) is 2.26. The molecule has 0 heterocycles. The fourth-order valence-electron chi connectivity index (χ4n) is 1.24. The van der Waals surface area contributed by atoms with Crippen LogP contribution in [0.4, 0.5) is 10.1 Å². The monoisotopic (exact) mass is 254 g/mol. The number of hydrogen-bond acceptors (Lipinski definition) is 3. The van der Waals surface area contributed by atoms with Crippen molar-refractivity contribution in [3.05, 3.63) is 29.6 Å². The van der Waals surface area contributed by atoms with Crippen molar-refractivity contribution < 1.29 is 23.9 Å². The standard InChI is InChI=1S/C11H11FN2O4/c1-6(15)13-5-9(16)14-8-4-2-3-7(12)10(8)11(17)18/h2-4H,5H2,1H3,(H,13,15)(H,14,16)(H,17,18). The van der Waals surface area contributed by atoms with Gasteiger partial charge in [-0.2, -0.15) is 0 Å². The molecule has 0 fully saturated rings. The maximum absolute atomic E-state index is 13.3. The third-order valence-corrected chi connectivity index (χ3v) is 2.00. The highest BCUT2D eigenvalue weighted by atomic mass is 19.1. The first-order valence-electron chi connectivity index (χ1n) is 4.98. The van der Waals surface area contributed by atoms with E-state index in [0.717, 1.165) is 6.07 Å². The van der Waals surface area contributed by atoms with Gasteiger partial charge in [-0.05, 0) is 12.1 Å². The van der Waals surface area contributed by atoms with Gasteiger partial charge in [0.05, 0.1) is 12.2 Å². The van der Waals surface area contributed by atoms with E-state index in [9.17, 15) is 18.8 Å². The molecule has 0 aliphatic heterocycles. The van der Waals surface area contributed by atoms with Gasteiger partial charge in [-0.15, -0.1) is 0 Å². The Morgan fingerprint density at radius 2 is 2.00 bits per heavy atom. The van der Waals surface area contributed by atoms with Crippen molar-refractivity contribution in [3.8, 4) is 0 Å². The maximum Gasteiger partial charge on any atom is 0.340 e. The van der Waals surface area contributed by atoms with Crippen molar-refractivity contribution in [2.75, 3.05) is 11.9 Å². The molecule has 0 spiro atoms. The molecule has 0 radical (unpaired) electrons. The molecule has 0 bridgehead atoms. The SMILES string of the molecule is CC(=O)NCC(=O)Nc1cccc(F)c1C(=O)O. The van der Waals surface area contributed by atoms with E-state index in [0.29, 0.717) is 0 Å². The summed E-state index contributed by atoms with van der Waals surface area (Å²) in [6, 6.07) is 3.51. The molecule has 1 aromatic rings. The normalized spacial score (nSPS) is 9.67. The number of aromatic carboxylic acids is 1. The average molecular weight is 254 g/mol. The molecule has 1 aromatic carbocycles. The number of hydrogen-bond donors (Lipinski definition) is 3. The second-order valence-corrected chi connectivity index (χ2v) is 3.43. The van der Waals surface area contributed by atoms with Gasteiger partial charge in [0.25, 0.3) is 0 Å². The van der Waals surface area contributed by atoms with E-state index in [1.165, 1.54) is 19.1 Å². The van der Waals surface area contributed by atoms with Gasteiger partial charge >= 0.3 is 5.97 Å². The number of halogens is 1. The zero-order valence-electron chi connectivity index (χ0n) is 9.49. The van der Waals surface area contributed by atoms with Crippen LogP contribution in [0.5, 0.6) is 0 Å². The minimum absolute atomic E-state index is 0.155. The third kappa shape index (κ3) is 3.55. The van der Waals surface area contributed by atoms with Crippen molar-refractivity contribution in [2.24, 2.45) is 0 Å². The van der Waals surface area contributed by atoms with E-state index in [2.05, 4.69) is 10.6 Å². The first kappa shape index (κ1) is 13.6. The lowest BCUT2D eigenvalue weighted by Crippen LogP contribution is -2.31. The number of nitrogens with one attached hydrogen (secondary N) is 2. The largest absolute Gasteiger partial charge is 0.478 e. The molecule has 1 rings (SSSR count). The number of carboxylic acids is 1. The van der Waals surface area contributed by atoms with Crippen molar-refractivity contribution in [1.29, 1.82) is 0 Å². The van der Waals surface area contributed by atoms with Crippen LogP contribution in [-0.4, -0.2) is 29.4 Å². The minimum atomic E-state index is -1.48. The van der Waals surface area contributed by atoms with Crippen LogP contribution in [0.2, 0.25) is 0 Å². The van der Waals surface area contributed by atoms with Gasteiger partial charge in [0, 0.05) is 6.92 Å². The van der Waals surface area contributed by atoms with E-state index >= 15 is 0 Å². The zero-order valence-corrected chi connectivity index (χ0v) is 9.49. The highest BCUT2D eigenvalue weighted by molar-refractivity contribution is 6.01. The molecule has 0 aliphatic carbocycles. The molecule has 0 aromatic heterocycles. The van der Waals surface area contributed by atoms with Crippen LogP contribution in [-0.2, 0) is 9.59 Å². The summed E-state index contributed by atoms with van der Waals surface area (Å²) in [5, 5.41) is 13.3. The van der Waals surface area contributed by atoms with Gasteiger partial charge in [-0.1, -0.05) is 6.07 Å². The Balaban J connectivity index is 2.84. The van der Waals surface area contributed by atoms with Crippen LogP contribution < -0.4 is 10.6 Å². The van der Waals surface area contributed by atoms with Crippen molar-refractivity contribution >= 4 is 23.5 Å². The van der Waals surface area contributed by atoms with Crippen molar-refractivity contribution in [1.82, 2.24) is 5.32 Å². The number of carbonyl (C=O) groups is 3. The van der Waals surface area contributed by atoms with E-state index < -0.39 is 29.2 Å². The molecule has 0 unspecified atom stereocenters. The summed E-state index contributed by atoms with van der Waals surface area (Å²) in [4.78, 5) is 32.8. The first-order chi connectivity index (χ1) is 8.41. The van der Waals surface area contributed by atoms with Gasteiger partial charge < -0.3 is 15.7 Å². The van der Waals surface area contributed by atoms with Crippen LogP contribution in [0.15, 0.2) is 18.2 Å². The van der Waals surface area contributed by atoms with Gasteiger partial charge in [-0.3, -0.25) is 9.59 Å². The zero-order chi connectivity index (χ0) is 13.7. The smallest absolute Gasteiger partial charge is 0.340 e. The number of rotatable bonds is 4. The van der Waals surface area contributed by atoms with Crippen LogP contribution in [0.3, 0.4) is 0 Å². The Hall–Kier alpha value is -2.44. The predicted octanol–water partition coefficient (Wildman–Crippen LogP) is 0.598. The van der Waals surface area contributed by atoms with Gasteiger partial charge in [0.2, 0.25) is 11.8 Å². The molecular weight excluding hydrogens is 243 g/mol. The topological polar surface area (TPSA) is 95.5 Å². The number of carboxylic acid groups (broad SMARTS) is 1. The summed E-state index contributed by atoms with van der Waals surface area (Å²) in [6.07, 6.45) is 0. The summed E-state index contributed by atoms with van der Waals surface area (Å²) >= 11 is 0. The lowest BCUT2D eigenvalue weighted by atomic mass is 10.1. The summed E-state index contributed by atoms with van der Waals surface area (Å²) in [5.41, 5.74) is -0.772. The fraction of sp³-hybridized carbons (Fsp3) is 0.182. The summed E-state index contributed by atoms with van der Waals surface area (Å²) in [7, 11) is 0. The lowest BCUT2D eigenvalue weighted by molar-refractivity contribution is -0.122. The highest BCUT2D eigenvalue weighted by Crippen LogP contribution is 2.18. The molecule has 0 saturated carbocycles. The fourth-order valence-corrected chi connectivity index (χ4v) is 1.24. The molecule has 96 valence electrons. The van der Waals surface area contributed by atoms with E-state index in [1.54, 1.807) is 0 Å². The molecule has 0 saturated heterocycles. The molecular formula is C11H11FN2O4. The Morgan fingerprint density at radius 1 is 1.33 bits per heavy atom. The number of amides is 2. The van der Waals surface area contributed by atoms with E-state index in [4.69, 9.17) is 5.11 Å². The molecule has 0 atom stereocenters. The van der Waals surface area contributed by atoms with Gasteiger partial charge in [0.15, 0.2) is 0 Å². The highest BCUT2D eigenvalue weighted by Gasteiger charge is 2.17. The molecule has 3 N–H and O–H groups in total. The second kappa shape index (κ2) is 5.76. The Labute approximate surface area is 102 Å². The summed E-state index contributed by atoms with van der Waals surface area (Å²) in [5.74, 6) is -3.47. The maximum atomic E-state index is 13.3. The number of anilines is 1. The Morgan fingerprint density at radius 3 is 2.56 bits per heavy atom. The third-order valence-electron chi connectivity index (χ3n) is 2.00. The predicted molar refractivity (Wildman–Crippen MR) is 60.7 cm³/mol. The Kier molecular flexibility index (Phi) is 4.36. The van der Waals surface area contributed by atoms with Crippen molar-refractivity contribution in [3.63, 3.8) is 0 Å². The number of benzene rings is 1. The van der Waals surface area contributed by atoms with Crippen LogP contribution in [0, 0.1) is 5.82 Å². The summed E-state index contributed by atoms with van der Waals surface area (Å²) < 4.78 is 13.3. The van der Waals surface area contributed by atoms with Crippen LogP contribution in [0.1, 0.15) is 17.3 Å². The van der Waals surface area contributed by atoms with Crippen LogP contribution in [0.25, 0.3) is 0 Å². The molecule has 18 heavy (non-hydrogen) atoms. The summed E-state index contributed by atoms with van der Waals surface area (Å²) in [6.45, 7) is 0.920. The lowest BCUT2D eigenvalue weighted by Gasteiger charge is -2.09. The molecule has 0 aliphatic rings. The Bertz CT molecular complexity index is 502. The van der Waals surface area contributed by atoms with Crippen molar-refractivity contribution in [2.45, 2.75) is 6.92 Å². The second-order valence-electron chi connectivity index (χ2n) is 3.43. The molecule has 6 nitrogen and oxygen atoms in total. The first-order valence-corrected chi connectivity index (χ1v) is 4.98. The van der Waals surface area contributed by atoms with Gasteiger partial charge in [-0.25, -0.2) is 9.18 Å². The molecule has 2 amide bonds. The van der Waals surface area contributed by atoms with Crippen LogP contribution >= 0.6 is 0 Å². The van der Waals surface area contributed by atoms with Gasteiger partial charge in [0.1, 0.15) is 11.4 Å².